The smallest absolute Gasteiger partial charge is 0.255 e. The molecule has 0 spiro atoms. The van der Waals surface area contributed by atoms with Gasteiger partial charge in [-0.25, -0.2) is 4.52 Å². The molecule has 0 saturated carbocycles. The van der Waals surface area contributed by atoms with Gasteiger partial charge in [0.15, 0.2) is 0 Å². The number of carbonyl (C=O) groups excluding carboxylic acids is 1. The number of pyridine rings is 1. The minimum Gasteiger partial charge on any atom is -0.350 e. The first-order chi connectivity index (χ1) is 10.1. The van der Waals surface area contributed by atoms with E-state index in [1.165, 1.54) is 12.8 Å². The molecule has 0 aromatic carbocycles. The zero-order valence-electron chi connectivity index (χ0n) is 12.6. The van der Waals surface area contributed by atoms with Gasteiger partial charge in [-0.15, -0.1) is 0 Å². The molecule has 21 heavy (non-hydrogen) atoms. The molecule has 1 aliphatic rings. The molecule has 0 bridgehead atoms. The Morgan fingerprint density at radius 3 is 3.19 bits per heavy atom. The molecule has 1 atom stereocenters. The monoisotopic (exact) mass is 286 g/mol. The Hall–Kier alpha value is -1.88. The molecule has 1 saturated heterocycles. The van der Waals surface area contributed by atoms with Gasteiger partial charge in [-0.05, 0) is 36.9 Å². The third-order valence-electron chi connectivity index (χ3n) is 4.47. The van der Waals surface area contributed by atoms with Gasteiger partial charge in [-0.2, -0.15) is 5.10 Å². The zero-order valence-corrected chi connectivity index (χ0v) is 12.6. The average molecular weight is 286 g/mol. The van der Waals surface area contributed by atoms with Crippen molar-refractivity contribution < 1.29 is 4.79 Å². The van der Waals surface area contributed by atoms with Crippen LogP contribution >= 0.6 is 0 Å². The van der Waals surface area contributed by atoms with Crippen LogP contribution in [0.3, 0.4) is 0 Å². The highest BCUT2D eigenvalue weighted by molar-refractivity contribution is 6.00. The van der Waals surface area contributed by atoms with Gasteiger partial charge in [-0.3, -0.25) is 4.79 Å². The third-order valence-corrected chi connectivity index (χ3v) is 4.47. The molecule has 3 rings (SSSR count). The van der Waals surface area contributed by atoms with Crippen molar-refractivity contribution in [2.45, 2.75) is 32.7 Å². The van der Waals surface area contributed by atoms with Crippen LogP contribution < -0.4 is 10.6 Å². The highest BCUT2D eigenvalue weighted by Crippen LogP contribution is 2.29. The molecule has 0 aliphatic carbocycles. The Labute approximate surface area is 124 Å². The summed E-state index contributed by atoms with van der Waals surface area (Å²) in [5, 5.41) is 10.8. The zero-order chi connectivity index (χ0) is 14.9. The van der Waals surface area contributed by atoms with Crippen LogP contribution in [0.1, 0.15) is 37.0 Å². The molecule has 2 N–H and O–H groups in total. The van der Waals surface area contributed by atoms with Crippen LogP contribution in [0.15, 0.2) is 30.6 Å². The van der Waals surface area contributed by atoms with E-state index >= 15 is 0 Å². The van der Waals surface area contributed by atoms with Crippen LogP contribution in [-0.4, -0.2) is 34.7 Å². The highest BCUT2D eigenvalue weighted by atomic mass is 16.1. The summed E-state index contributed by atoms with van der Waals surface area (Å²) in [5.41, 5.74) is 1.68. The maximum atomic E-state index is 12.4. The molecule has 1 aliphatic heterocycles. The van der Waals surface area contributed by atoms with Crippen molar-refractivity contribution in [3.63, 3.8) is 0 Å². The van der Waals surface area contributed by atoms with E-state index in [9.17, 15) is 4.79 Å². The normalized spacial score (nSPS) is 21.3. The number of aromatic nitrogens is 2. The van der Waals surface area contributed by atoms with Gasteiger partial charge in [0.05, 0.1) is 17.3 Å². The summed E-state index contributed by atoms with van der Waals surface area (Å²) in [4.78, 5) is 12.4. The largest absolute Gasteiger partial charge is 0.350 e. The van der Waals surface area contributed by atoms with Crippen LogP contribution in [0.4, 0.5) is 0 Å². The lowest BCUT2D eigenvalue weighted by molar-refractivity contribution is 0.0930. The molecule has 1 fully saturated rings. The maximum Gasteiger partial charge on any atom is 0.255 e. The topological polar surface area (TPSA) is 58.4 Å². The number of piperidine rings is 1. The van der Waals surface area contributed by atoms with E-state index in [0.717, 1.165) is 12.1 Å². The number of amides is 1. The number of hydrogen-bond acceptors (Lipinski definition) is 3. The molecule has 112 valence electrons. The fraction of sp³-hybridized carbons (Fsp3) is 0.500. The standard InChI is InChI=1S/C16H22N4O/c1-16(2)7-5-8-17-14(16)11-18-15(21)12-10-19-20-9-4-3-6-13(12)20/h3-4,6,9-10,14,17H,5,7-8,11H2,1-2H3,(H,18,21). The molecule has 2 aromatic rings. The van der Waals surface area contributed by atoms with E-state index in [-0.39, 0.29) is 11.3 Å². The van der Waals surface area contributed by atoms with E-state index < -0.39 is 0 Å². The Bertz CT molecular complexity index is 647. The summed E-state index contributed by atoms with van der Waals surface area (Å²) >= 11 is 0. The van der Waals surface area contributed by atoms with Crippen molar-refractivity contribution in [2.24, 2.45) is 5.41 Å². The van der Waals surface area contributed by atoms with Crippen LogP contribution in [0.25, 0.3) is 5.52 Å². The Morgan fingerprint density at radius 1 is 1.52 bits per heavy atom. The minimum atomic E-state index is -0.0561. The Kier molecular flexibility index (Phi) is 3.68. The summed E-state index contributed by atoms with van der Waals surface area (Å²) in [6.45, 7) is 6.19. The quantitative estimate of drug-likeness (QED) is 0.905. The van der Waals surface area contributed by atoms with E-state index in [0.29, 0.717) is 18.2 Å². The number of carbonyl (C=O) groups is 1. The van der Waals surface area contributed by atoms with Gasteiger partial charge in [-0.1, -0.05) is 19.9 Å². The predicted octanol–water partition coefficient (Wildman–Crippen LogP) is 1.84. The average Bonchev–Trinajstić information content (AvgIpc) is 2.89. The SMILES string of the molecule is CC1(C)CCCNC1CNC(=O)c1cnn2ccccc12. The second-order valence-corrected chi connectivity index (χ2v) is 6.40. The fourth-order valence-electron chi connectivity index (χ4n) is 3.02. The summed E-state index contributed by atoms with van der Waals surface area (Å²) in [6, 6.07) is 6.04. The molecular formula is C16H22N4O. The van der Waals surface area contributed by atoms with Crippen LogP contribution in [0.2, 0.25) is 0 Å². The van der Waals surface area contributed by atoms with E-state index in [1.807, 2.05) is 24.4 Å². The van der Waals surface area contributed by atoms with Crippen molar-refractivity contribution >= 4 is 11.4 Å². The lowest BCUT2D eigenvalue weighted by Crippen LogP contribution is -2.52. The number of hydrogen-bond donors (Lipinski definition) is 2. The summed E-state index contributed by atoms with van der Waals surface area (Å²) in [7, 11) is 0. The third kappa shape index (κ3) is 2.78. The van der Waals surface area contributed by atoms with Crippen LogP contribution in [0.5, 0.6) is 0 Å². The number of nitrogens with one attached hydrogen (secondary N) is 2. The second-order valence-electron chi connectivity index (χ2n) is 6.40. The molecule has 1 amide bonds. The van der Waals surface area contributed by atoms with Crippen molar-refractivity contribution in [1.29, 1.82) is 0 Å². The molecule has 5 nitrogen and oxygen atoms in total. The molecule has 5 heteroatoms. The van der Waals surface area contributed by atoms with Crippen molar-refractivity contribution in [3.05, 3.63) is 36.2 Å². The fourth-order valence-corrected chi connectivity index (χ4v) is 3.02. The minimum absolute atomic E-state index is 0.0561. The van der Waals surface area contributed by atoms with Gasteiger partial charge >= 0.3 is 0 Å². The molecule has 2 aromatic heterocycles. The first-order valence-corrected chi connectivity index (χ1v) is 7.52. The maximum absolute atomic E-state index is 12.4. The van der Waals surface area contributed by atoms with Crippen LogP contribution in [0, 0.1) is 5.41 Å². The first-order valence-electron chi connectivity index (χ1n) is 7.52. The van der Waals surface area contributed by atoms with Crippen LogP contribution in [-0.2, 0) is 0 Å². The lowest BCUT2D eigenvalue weighted by atomic mass is 9.77. The summed E-state index contributed by atoms with van der Waals surface area (Å²) in [5.74, 6) is -0.0561. The highest BCUT2D eigenvalue weighted by Gasteiger charge is 2.32. The molecule has 0 radical (unpaired) electrons. The molecule has 3 heterocycles. The van der Waals surface area contributed by atoms with Crippen molar-refractivity contribution in [3.8, 4) is 0 Å². The predicted molar refractivity (Wildman–Crippen MR) is 82.3 cm³/mol. The van der Waals surface area contributed by atoms with Gasteiger partial charge in [0, 0.05) is 18.8 Å². The number of nitrogens with zero attached hydrogens (tertiary/aromatic N) is 2. The second kappa shape index (κ2) is 5.48. The molecule has 1 unspecified atom stereocenters. The number of rotatable bonds is 3. The molecular weight excluding hydrogens is 264 g/mol. The van der Waals surface area contributed by atoms with Crippen molar-refractivity contribution in [1.82, 2.24) is 20.2 Å². The van der Waals surface area contributed by atoms with E-state index in [4.69, 9.17) is 0 Å². The summed E-state index contributed by atoms with van der Waals surface area (Å²) < 4.78 is 1.72. The number of fused-ring (bicyclic) bond motifs is 1. The van der Waals surface area contributed by atoms with Gasteiger partial charge in [0.1, 0.15) is 0 Å². The summed E-state index contributed by atoms with van der Waals surface area (Å²) in [6.07, 6.45) is 5.87. The van der Waals surface area contributed by atoms with Crippen molar-refractivity contribution in [2.75, 3.05) is 13.1 Å². The first kappa shape index (κ1) is 14.1. The van der Waals surface area contributed by atoms with E-state index in [2.05, 4.69) is 29.6 Å². The Morgan fingerprint density at radius 2 is 2.38 bits per heavy atom. The van der Waals surface area contributed by atoms with E-state index in [1.54, 1.807) is 10.7 Å². The Balaban J connectivity index is 1.69. The van der Waals surface area contributed by atoms with Gasteiger partial charge < -0.3 is 10.6 Å². The van der Waals surface area contributed by atoms with Gasteiger partial charge in [0.2, 0.25) is 0 Å². The van der Waals surface area contributed by atoms with Gasteiger partial charge in [0.25, 0.3) is 5.91 Å². The lowest BCUT2D eigenvalue weighted by Gasteiger charge is -2.39.